The molecular formula is C18H26FNO4. The first-order valence-electron chi connectivity index (χ1n) is 8.29. The number of aliphatic hydroxyl groups excluding tert-OH is 1. The number of piperidine rings is 1. The number of ether oxygens (including phenoxy) is 2. The van der Waals surface area contributed by atoms with E-state index >= 15 is 0 Å². The molecule has 0 saturated carbocycles. The molecule has 0 unspecified atom stereocenters. The summed E-state index contributed by atoms with van der Waals surface area (Å²) in [7, 11) is 0. The topological polar surface area (TPSA) is 59.0 Å². The lowest BCUT2D eigenvalue weighted by atomic mass is 9.86. The fourth-order valence-electron chi connectivity index (χ4n) is 2.88. The third-order valence-electron chi connectivity index (χ3n) is 3.90. The number of benzene rings is 1. The van der Waals surface area contributed by atoms with E-state index in [1.807, 2.05) is 6.92 Å². The number of hydrogen-bond acceptors (Lipinski definition) is 4. The molecule has 0 radical (unpaired) electrons. The summed E-state index contributed by atoms with van der Waals surface area (Å²) in [5.74, 6) is -0.0650. The SMILES string of the molecule is CCOc1ccc(F)cc1[C@@H]1CCN(C(=O)OC(C)(C)C)C[C@@H]1O. The van der Waals surface area contributed by atoms with Crippen molar-refractivity contribution in [2.75, 3.05) is 19.7 Å². The standard InChI is InChI=1S/C18H26FNO4/c1-5-23-16-7-6-12(19)10-14(16)13-8-9-20(11-15(13)21)17(22)24-18(2,3)4/h6-7,10,13,15,21H,5,8-9,11H2,1-4H3/t13-,15-/m0/s1. The zero-order valence-corrected chi connectivity index (χ0v) is 14.7. The molecule has 1 heterocycles. The molecule has 2 rings (SSSR count). The second-order valence-corrected chi connectivity index (χ2v) is 7.00. The number of amides is 1. The predicted molar refractivity (Wildman–Crippen MR) is 88.7 cm³/mol. The van der Waals surface area contributed by atoms with Crippen molar-refractivity contribution in [1.82, 2.24) is 4.90 Å². The normalized spacial score (nSPS) is 21.5. The molecule has 0 aromatic heterocycles. The average Bonchev–Trinajstić information content (AvgIpc) is 2.47. The number of aliphatic hydroxyl groups is 1. The lowest BCUT2D eigenvalue weighted by Gasteiger charge is -2.37. The van der Waals surface area contributed by atoms with Crippen molar-refractivity contribution in [2.45, 2.75) is 51.7 Å². The summed E-state index contributed by atoms with van der Waals surface area (Å²) in [6.45, 7) is 8.32. The van der Waals surface area contributed by atoms with E-state index in [0.717, 1.165) is 0 Å². The molecule has 1 N–H and O–H groups in total. The maximum Gasteiger partial charge on any atom is 0.410 e. The Bertz CT molecular complexity index is 585. The van der Waals surface area contributed by atoms with Gasteiger partial charge in [-0.1, -0.05) is 0 Å². The molecule has 1 aromatic rings. The van der Waals surface area contributed by atoms with Crippen molar-refractivity contribution in [3.8, 4) is 5.75 Å². The van der Waals surface area contributed by atoms with Crippen molar-refractivity contribution in [3.05, 3.63) is 29.6 Å². The van der Waals surface area contributed by atoms with Crippen LogP contribution < -0.4 is 4.74 Å². The fourth-order valence-corrected chi connectivity index (χ4v) is 2.88. The van der Waals surface area contributed by atoms with E-state index in [9.17, 15) is 14.3 Å². The molecule has 2 atom stereocenters. The Balaban J connectivity index is 2.11. The molecule has 0 aliphatic carbocycles. The first-order chi connectivity index (χ1) is 11.2. The van der Waals surface area contributed by atoms with Gasteiger partial charge in [-0.05, 0) is 52.3 Å². The van der Waals surface area contributed by atoms with Gasteiger partial charge in [0.15, 0.2) is 0 Å². The summed E-state index contributed by atoms with van der Waals surface area (Å²) in [5, 5.41) is 10.5. The molecule has 1 fully saturated rings. The van der Waals surface area contributed by atoms with Gasteiger partial charge in [0.05, 0.1) is 19.3 Å². The molecule has 1 aliphatic heterocycles. The molecule has 1 aromatic carbocycles. The summed E-state index contributed by atoms with van der Waals surface area (Å²) in [6, 6.07) is 4.33. The van der Waals surface area contributed by atoms with E-state index < -0.39 is 17.8 Å². The number of carbonyl (C=O) groups excluding carboxylic acids is 1. The molecule has 1 aliphatic rings. The first kappa shape index (κ1) is 18.5. The van der Waals surface area contributed by atoms with Crippen LogP contribution in [0.4, 0.5) is 9.18 Å². The Labute approximate surface area is 142 Å². The van der Waals surface area contributed by atoms with Crippen LogP contribution in [0.3, 0.4) is 0 Å². The van der Waals surface area contributed by atoms with Crippen molar-refractivity contribution in [2.24, 2.45) is 0 Å². The third kappa shape index (κ3) is 4.60. The number of nitrogens with zero attached hydrogens (tertiary/aromatic N) is 1. The summed E-state index contributed by atoms with van der Waals surface area (Å²) in [6.07, 6.45) is -0.722. The van der Waals surface area contributed by atoms with Crippen LogP contribution in [0, 0.1) is 5.82 Å². The predicted octanol–water partition coefficient (Wildman–Crippen LogP) is 3.31. The number of rotatable bonds is 3. The number of halogens is 1. The van der Waals surface area contributed by atoms with Crippen LogP contribution in [0.15, 0.2) is 18.2 Å². The van der Waals surface area contributed by atoms with Gasteiger partial charge in [-0.3, -0.25) is 0 Å². The lowest BCUT2D eigenvalue weighted by molar-refractivity contribution is -0.00175. The number of likely N-dealkylation sites (tertiary alicyclic amines) is 1. The van der Waals surface area contributed by atoms with Crippen molar-refractivity contribution in [1.29, 1.82) is 0 Å². The van der Waals surface area contributed by atoms with Crippen LogP contribution in [0.2, 0.25) is 0 Å². The molecule has 24 heavy (non-hydrogen) atoms. The largest absolute Gasteiger partial charge is 0.494 e. The number of β-amino-alcohol motifs (C(OH)–C–C–N with tert-alkyl or cyclic N) is 1. The van der Waals surface area contributed by atoms with E-state index in [-0.39, 0.29) is 18.3 Å². The Morgan fingerprint density at radius 2 is 2.12 bits per heavy atom. The first-order valence-corrected chi connectivity index (χ1v) is 8.29. The van der Waals surface area contributed by atoms with E-state index in [2.05, 4.69) is 0 Å². The zero-order chi connectivity index (χ0) is 17.9. The van der Waals surface area contributed by atoms with Crippen LogP contribution in [0.5, 0.6) is 5.75 Å². The lowest BCUT2D eigenvalue weighted by Crippen LogP contribution is -2.47. The van der Waals surface area contributed by atoms with Crippen molar-refractivity contribution in [3.63, 3.8) is 0 Å². The van der Waals surface area contributed by atoms with Gasteiger partial charge in [0, 0.05) is 18.0 Å². The van der Waals surface area contributed by atoms with Gasteiger partial charge in [-0.2, -0.15) is 0 Å². The Morgan fingerprint density at radius 3 is 2.71 bits per heavy atom. The zero-order valence-electron chi connectivity index (χ0n) is 14.7. The van der Waals surface area contributed by atoms with E-state index in [1.165, 1.54) is 17.0 Å². The van der Waals surface area contributed by atoms with Crippen molar-refractivity contribution >= 4 is 6.09 Å². The maximum absolute atomic E-state index is 13.6. The monoisotopic (exact) mass is 339 g/mol. The summed E-state index contributed by atoms with van der Waals surface area (Å²) in [5.41, 5.74) is 0.0667. The van der Waals surface area contributed by atoms with Gasteiger partial charge >= 0.3 is 6.09 Å². The second kappa shape index (κ2) is 7.38. The highest BCUT2D eigenvalue weighted by molar-refractivity contribution is 5.68. The van der Waals surface area contributed by atoms with Gasteiger partial charge in [-0.15, -0.1) is 0 Å². The maximum atomic E-state index is 13.6. The molecular weight excluding hydrogens is 313 g/mol. The van der Waals surface area contributed by atoms with Gasteiger partial charge in [0.2, 0.25) is 0 Å². The Hall–Kier alpha value is -1.82. The van der Waals surface area contributed by atoms with Crippen LogP contribution in [0.1, 0.15) is 45.6 Å². The highest BCUT2D eigenvalue weighted by Gasteiger charge is 2.34. The van der Waals surface area contributed by atoms with Crippen LogP contribution in [-0.4, -0.2) is 47.5 Å². The van der Waals surface area contributed by atoms with Crippen LogP contribution in [-0.2, 0) is 4.74 Å². The van der Waals surface area contributed by atoms with Gasteiger partial charge in [0.25, 0.3) is 0 Å². The summed E-state index contributed by atoms with van der Waals surface area (Å²) >= 11 is 0. The molecule has 134 valence electrons. The van der Waals surface area contributed by atoms with Crippen LogP contribution >= 0.6 is 0 Å². The molecule has 5 nitrogen and oxygen atoms in total. The number of carbonyl (C=O) groups is 1. The van der Waals surface area contributed by atoms with E-state index in [1.54, 1.807) is 26.8 Å². The van der Waals surface area contributed by atoms with Crippen LogP contribution in [0.25, 0.3) is 0 Å². The number of hydrogen-bond donors (Lipinski definition) is 1. The van der Waals surface area contributed by atoms with E-state index in [4.69, 9.17) is 9.47 Å². The van der Waals surface area contributed by atoms with Gasteiger partial charge in [-0.25, -0.2) is 9.18 Å². The molecule has 6 heteroatoms. The van der Waals surface area contributed by atoms with E-state index in [0.29, 0.717) is 30.9 Å². The highest BCUT2D eigenvalue weighted by atomic mass is 19.1. The molecule has 0 bridgehead atoms. The minimum absolute atomic E-state index is 0.154. The molecule has 1 amide bonds. The quantitative estimate of drug-likeness (QED) is 0.918. The molecule has 1 saturated heterocycles. The average molecular weight is 339 g/mol. The molecule has 0 spiro atoms. The highest BCUT2D eigenvalue weighted by Crippen LogP contribution is 2.35. The van der Waals surface area contributed by atoms with Crippen molar-refractivity contribution < 1.29 is 23.8 Å². The minimum atomic E-state index is -0.799. The fraction of sp³-hybridized carbons (Fsp3) is 0.611. The Morgan fingerprint density at radius 1 is 1.42 bits per heavy atom. The van der Waals surface area contributed by atoms with Gasteiger partial charge in [0.1, 0.15) is 17.2 Å². The third-order valence-corrected chi connectivity index (χ3v) is 3.90. The Kier molecular flexibility index (Phi) is 5.70. The minimum Gasteiger partial charge on any atom is -0.494 e. The van der Waals surface area contributed by atoms with Gasteiger partial charge < -0.3 is 19.5 Å². The smallest absolute Gasteiger partial charge is 0.410 e. The summed E-state index contributed by atoms with van der Waals surface area (Å²) in [4.78, 5) is 13.6. The summed E-state index contributed by atoms with van der Waals surface area (Å²) < 4.78 is 24.5. The second-order valence-electron chi connectivity index (χ2n) is 7.00.